The molecule has 2 aromatic carbocycles. The van der Waals surface area contributed by atoms with E-state index in [-0.39, 0.29) is 17.7 Å². The maximum Gasteiger partial charge on any atom is 0.336 e. The van der Waals surface area contributed by atoms with Gasteiger partial charge in [-0.05, 0) is 29.8 Å². The molecule has 0 aliphatic heterocycles. The Kier molecular flexibility index (Phi) is 3.96. The zero-order chi connectivity index (χ0) is 14.5. The predicted octanol–water partition coefficient (Wildman–Crippen LogP) is 3.01. The van der Waals surface area contributed by atoms with Crippen molar-refractivity contribution in [3.05, 3.63) is 65.0 Å². The summed E-state index contributed by atoms with van der Waals surface area (Å²) in [4.78, 5) is 11.1. The fourth-order valence-corrected chi connectivity index (χ4v) is 1.84. The van der Waals surface area contributed by atoms with Gasteiger partial charge in [-0.15, -0.1) is 0 Å². The Hall–Kier alpha value is -2.87. The van der Waals surface area contributed by atoms with E-state index in [1.807, 2.05) is 6.07 Å². The molecule has 0 aromatic heterocycles. The molecule has 2 aromatic rings. The molecular formula is C15H11FN2O2. The van der Waals surface area contributed by atoms with Crippen molar-refractivity contribution < 1.29 is 14.3 Å². The van der Waals surface area contributed by atoms with Crippen molar-refractivity contribution in [1.29, 1.82) is 5.26 Å². The van der Waals surface area contributed by atoms with Crippen LogP contribution < -0.4 is 5.32 Å². The molecule has 20 heavy (non-hydrogen) atoms. The van der Waals surface area contributed by atoms with Crippen molar-refractivity contribution in [3.63, 3.8) is 0 Å². The van der Waals surface area contributed by atoms with Gasteiger partial charge < -0.3 is 10.4 Å². The second kappa shape index (κ2) is 5.85. The van der Waals surface area contributed by atoms with Gasteiger partial charge in [0.1, 0.15) is 11.9 Å². The molecule has 0 fully saturated rings. The first kappa shape index (κ1) is 13.6. The number of benzene rings is 2. The van der Waals surface area contributed by atoms with E-state index in [1.165, 1.54) is 18.2 Å². The molecule has 0 aliphatic rings. The van der Waals surface area contributed by atoms with Gasteiger partial charge in [-0.1, -0.05) is 18.2 Å². The van der Waals surface area contributed by atoms with Gasteiger partial charge in [0, 0.05) is 6.54 Å². The van der Waals surface area contributed by atoms with Crippen LogP contribution in [-0.2, 0) is 6.54 Å². The number of hydrogen-bond acceptors (Lipinski definition) is 3. The average Bonchev–Trinajstić information content (AvgIpc) is 2.46. The number of hydrogen-bond donors (Lipinski definition) is 2. The van der Waals surface area contributed by atoms with Crippen LogP contribution >= 0.6 is 0 Å². The third kappa shape index (κ3) is 2.93. The van der Waals surface area contributed by atoms with E-state index < -0.39 is 11.8 Å². The number of nitriles is 1. The standard InChI is InChI=1S/C15H11FN2O2/c16-12-5-6-14(11(7-12)8-17)18-9-10-3-1-2-4-13(10)15(19)20/h1-7,18H,9H2,(H,19,20). The smallest absolute Gasteiger partial charge is 0.336 e. The second-order valence-electron chi connectivity index (χ2n) is 4.12. The topological polar surface area (TPSA) is 73.1 Å². The molecule has 2 N–H and O–H groups in total. The Morgan fingerprint density at radius 1 is 1.30 bits per heavy atom. The Bertz CT molecular complexity index is 693. The maximum atomic E-state index is 13.0. The highest BCUT2D eigenvalue weighted by atomic mass is 19.1. The third-order valence-corrected chi connectivity index (χ3v) is 2.82. The lowest BCUT2D eigenvalue weighted by Gasteiger charge is -2.10. The van der Waals surface area contributed by atoms with Gasteiger partial charge in [-0.25, -0.2) is 9.18 Å². The highest BCUT2D eigenvalue weighted by Crippen LogP contribution is 2.18. The van der Waals surface area contributed by atoms with Crippen molar-refractivity contribution in [3.8, 4) is 6.07 Å². The van der Waals surface area contributed by atoms with Gasteiger partial charge in [0.05, 0.1) is 16.8 Å². The number of rotatable bonds is 4. The van der Waals surface area contributed by atoms with Crippen LogP contribution in [0.2, 0.25) is 0 Å². The van der Waals surface area contributed by atoms with Crippen LogP contribution in [0.3, 0.4) is 0 Å². The minimum absolute atomic E-state index is 0.179. The highest BCUT2D eigenvalue weighted by Gasteiger charge is 2.09. The molecule has 0 spiro atoms. The number of carboxylic acids is 1. The summed E-state index contributed by atoms with van der Waals surface area (Å²) in [6.07, 6.45) is 0. The molecule has 100 valence electrons. The number of carbonyl (C=O) groups is 1. The molecule has 0 heterocycles. The quantitative estimate of drug-likeness (QED) is 0.895. The number of aromatic carboxylic acids is 1. The van der Waals surface area contributed by atoms with Crippen LogP contribution in [0.25, 0.3) is 0 Å². The van der Waals surface area contributed by atoms with E-state index >= 15 is 0 Å². The van der Waals surface area contributed by atoms with Gasteiger partial charge in [-0.3, -0.25) is 0 Å². The molecular weight excluding hydrogens is 259 g/mol. The van der Waals surface area contributed by atoms with E-state index in [9.17, 15) is 9.18 Å². The zero-order valence-electron chi connectivity index (χ0n) is 10.4. The molecule has 0 bridgehead atoms. The van der Waals surface area contributed by atoms with Crippen molar-refractivity contribution in [2.45, 2.75) is 6.54 Å². The number of nitrogens with one attached hydrogen (secondary N) is 1. The summed E-state index contributed by atoms with van der Waals surface area (Å²) in [5.41, 5.74) is 1.43. The minimum Gasteiger partial charge on any atom is -0.478 e. The Balaban J connectivity index is 2.22. The Morgan fingerprint density at radius 3 is 2.75 bits per heavy atom. The van der Waals surface area contributed by atoms with Crippen molar-refractivity contribution >= 4 is 11.7 Å². The van der Waals surface area contributed by atoms with Gasteiger partial charge in [0.25, 0.3) is 0 Å². The molecule has 0 radical (unpaired) electrons. The van der Waals surface area contributed by atoms with E-state index in [4.69, 9.17) is 10.4 Å². The number of nitrogens with zero attached hydrogens (tertiary/aromatic N) is 1. The number of anilines is 1. The second-order valence-corrected chi connectivity index (χ2v) is 4.12. The van der Waals surface area contributed by atoms with E-state index in [0.29, 0.717) is 11.3 Å². The first-order chi connectivity index (χ1) is 9.61. The van der Waals surface area contributed by atoms with Gasteiger partial charge in [0.2, 0.25) is 0 Å². The molecule has 5 heteroatoms. The van der Waals surface area contributed by atoms with Crippen molar-refractivity contribution in [1.82, 2.24) is 0 Å². The molecule has 0 atom stereocenters. The third-order valence-electron chi connectivity index (χ3n) is 2.82. The van der Waals surface area contributed by atoms with Gasteiger partial charge in [-0.2, -0.15) is 5.26 Å². The lowest BCUT2D eigenvalue weighted by atomic mass is 10.1. The normalized spacial score (nSPS) is 9.80. The first-order valence-electron chi connectivity index (χ1n) is 5.86. The summed E-state index contributed by atoms with van der Waals surface area (Å²) in [6.45, 7) is 0.239. The highest BCUT2D eigenvalue weighted by molar-refractivity contribution is 5.89. The fourth-order valence-electron chi connectivity index (χ4n) is 1.84. The summed E-state index contributed by atoms with van der Waals surface area (Å²) in [5, 5.41) is 21.0. The Labute approximate surface area is 115 Å². The van der Waals surface area contributed by atoms with Crippen LogP contribution in [0, 0.1) is 17.1 Å². The maximum absolute atomic E-state index is 13.0. The van der Waals surface area contributed by atoms with E-state index in [1.54, 1.807) is 18.2 Å². The average molecular weight is 270 g/mol. The first-order valence-corrected chi connectivity index (χ1v) is 5.86. The lowest BCUT2D eigenvalue weighted by Crippen LogP contribution is -2.07. The number of halogens is 1. The molecule has 0 unspecified atom stereocenters. The SMILES string of the molecule is N#Cc1cc(F)ccc1NCc1ccccc1C(=O)O. The van der Waals surface area contributed by atoms with Crippen molar-refractivity contribution in [2.24, 2.45) is 0 Å². The minimum atomic E-state index is -1.01. The molecule has 0 saturated heterocycles. The van der Waals surface area contributed by atoms with E-state index in [2.05, 4.69) is 5.32 Å². The molecule has 0 aliphatic carbocycles. The van der Waals surface area contributed by atoms with Crippen LogP contribution in [-0.4, -0.2) is 11.1 Å². The summed E-state index contributed by atoms with van der Waals surface area (Å²) >= 11 is 0. The van der Waals surface area contributed by atoms with E-state index in [0.717, 1.165) is 6.07 Å². The zero-order valence-corrected chi connectivity index (χ0v) is 10.4. The number of carboxylic acid groups (broad SMARTS) is 1. The summed E-state index contributed by atoms with van der Waals surface area (Å²) in [6, 6.07) is 12.3. The van der Waals surface area contributed by atoms with Crippen LogP contribution in [0.5, 0.6) is 0 Å². The molecule has 2 rings (SSSR count). The Morgan fingerprint density at radius 2 is 2.05 bits per heavy atom. The molecule has 0 amide bonds. The monoisotopic (exact) mass is 270 g/mol. The van der Waals surface area contributed by atoms with Crippen LogP contribution in [0.4, 0.5) is 10.1 Å². The fraction of sp³-hybridized carbons (Fsp3) is 0.0667. The summed E-state index contributed by atoms with van der Waals surface area (Å²) in [7, 11) is 0. The predicted molar refractivity (Wildman–Crippen MR) is 71.8 cm³/mol. The largest absolute Gasteiger partial charge is 0.478 e. The summed E-state index contributed by atoms with van der Waals surface area (Å²) < 4.78 is 13.0. The van der Waals surface area contributed by atoms with Crippen LogP contribution in [0.1, 0.15) is 21.5 Å². The molecule has 4 nitrogen and oxygen atoms in total. The summed E-state index contributed by atoms with van der Waals surface area (Å²) in [5.74, 6) is -1.50. The van der Waals surface area contributed by atoms with Crippen molar-refractivity contribution in [2.75, 3.05) is 5.32 Å². The van der Waals surface area contributed by atoms with Gasteiger partial charge >= 0.3 is 5.97 Å². The lowest BCUT2D eigenvalue weighted by molar-refractivity contribution is 0.0696. The van der Waals surface area contributed by atoms with Gasteiger partial charge in [0.15, 0.2) is 0 Å². The van der Waals surface area contributed by atoms with Crippen LogP contribution in [0.15, 0.2) is 42.5 Å². The molecule has 0 saturated carbocycles.